The average Bonchev–Trinajstić information content (AvgIpc) is 3.16. The normalized spacial score (nSPS) is 13.1. The molecule has 1 aliphatic carbocycles. The van der Waals surface area contributed by atoms with Crippen LogP contribution in [0.1, 0.15) is 30.5 Å². The van der Waals surface area contributed by atoms with Crippen molar-refractivity contribution in [3.63, 3.8) is 0 Å². The van der Waals surface area contributed by atoms with Crippen LogP contribution in [0.15, 0.2) is 84.9 Å². The first-order valence-electron chi connectivity index (χ1n) is 11.8. The molecule has 6 rings (SSSR count). The Bertz CT molecular complexity index is 1740. The number of nitriles is 1. The number of benzene rings is 4. The second-order valence-corrected chi connectivity index (χ2v) is 9.49. The van der Waals surface area contributed by atoms with Crippen LogP contribution in [0.5, 0.6) is 0 Å². The van der Waals surface area contributed by atoms with Crippen molar-refractivity contribution in [2.24, 2.45) is 0 Å². The van der Waals surface area contributed by atoms with E-state index in [0.717, 1.165) is 33.9 Å². The maximum atomic E-state index is 15.0. The molecule has 4 aromatic carbocycles. The molecule has 5 aromatic rings. The molecule has 0 saturated carbocycles. The Hall–Kier alpha value is -4.76. The molecule has 1 heterocycles. The summed E-state index contributed by atoms with van der Waals surface area (Å²) in [6.45, 7) is 4.33. The van der Waals surface area contributed by atoms with Crippen molar-refractivity contribution >= 4 is 0 Å². The Labute approximate surface area is 212 Å². The SMILES string of the molecule is CC1(C)c2ccccc2-c2cccc(-c3nc(-c4ccccc4)nc(-c4cc(C#N)c(F)cc4F)n3)c21. The van der Waals surface area contributed by atoms with Crippen molar-refractivity contribution < 1.29 is 8.78 Å². The summed E-state index contributed by atoms with van der Waals surface area (Å²) in [4.78, 5) is 14.0. The molecule has 0 radical (unpaired) electrons. The molecule has 0 unspecified atom stereocenters. The van der Waals surface area contributed by atoms with Crippen LogP contribution in [0.2, 0.25) is 0 Å². The van der Waals surface area contributed by atoms with Crippen LogP contribution >= 0.6 is 0 Å². The standard InChI is InChI=1S/C31H20F2N4/c1-31(2)24-14-7-6-11-20(24)21-12-8-13-22(27(21)31)29-35-28(18-9-4-3-5-10-18)36-30(37-29)23-15-19(17-34)25(32)16-26(23)33/h3-16H,1-2H3. The lowest BCUT2D eigenvalue weighted by atomic mass is 9.80. The van der Waals surface area contributed by atoms with Crippen molar-refractivity contribution in [1.82, 2.24) is 15.0 Å². The molecule has 178 valence electrons. The second kappa shape index (κ2) is 8.42. The van der Waals surface area contributed by atoms with Crippen LogP contribution < -0.4 is 0 Å². The Balaban J connectivity index is 1.64. The number of rotatable bonds is 3. The predicted octanol–water partition coefficient (Wildman–Crippen LogP) is 7.33. The first kappa shape index (κ1) is 22.7. The maximum Gasteiger partial charge on any atom is 0.167 e. The van der Waals surface area contributed by atoms with E-state index >= 15 is 0 Å². The van der Waals surface area contributed by atoms with E-state index in [2.05, 4.69) is 42.0 Å². The Kier molecular flexibility index (Phi) is 5.16. The lowest BCUT2D eigenvalue weighted by Gasteiger charge is -2.24. The Morgan fingerprint density at radius 3 is 2.03 bits per heavy atom. The lowest BCUT2D eigenvalue weighted by Crippen LogP contribution is -2.17. The van der Waals surface area contributed by atoms with Crippen LogP contribution in [-0.2, 0) is 5.41 Å². The summed E-state index contributed by atoms with van der Waals surface area (Å²) in [5.74, 6) is -1.01. The van der Waals surface area contributed by atoms with Gasteiger partial charge >= 0.3 is 0 Å². The summed E-state index contributed by atoms with van der Waals surface area (Å²) in [6.07, 6.45) is 0. The summed E-state index contributed by atoms with van der Waals surface area (Å²) < 4.78 is 29.1. The Morgan fingerprint density at radius 2 is 1.27 bits per heavy atom. The fraction of sp³-hybridized carbons (Fsp3) is 0.0968. The molecular formula is C31H20F2N4. The molecule has 0 amide bonds. The predicted molar refractivity (Wildman–Crippen MR) is 138 cm³/mol. The van der Waals surface area contributed by atoms with Crippen LogP contribution in [0, 0.1) is 23.0 Å². The smallest absolute Gasteiger partial charge is 0.167 e. The van der Waals surface area contributed by atoms with Gasteiger partial charge in [-0.25, -0.2) is 23.7 Å². The van der Waals surface area contributed by atoms with E-state index in [0.29, 0.717) is 17.7 Å². The number of hydrogen-bond acceptors (Lipinski definition) is 4. The largest absolute Gasteiger partial charge is 0.208 e. The maximum absolute atomic E-state index is 15.0. The van der Waals surface area contributed by atoms with Crippen LogP contribution in [0.25, 0.3) is 45.3 Å². The lowest BCUT2D eigenvalue weighted by molar-refractivity contribution is 0.582. The van der Waals surface area contributed by atoms with Gasteiger partial charge in [0.25, 0.3) is 0 Å². The summed E-state index contributed by atoms with van der Waals surface area (Å²) in [6, 6.07) is 27.3. The number of halogens is 2. The number of fused-ring (bicyclic) bond motifs is 3. The third-order valence-electron chi connectivity index (χ3n) is 6.91. The molecule has 6 heteroatoms. The van der Waals surface area contributed by atoms with Gasteiger partial charge in [0.05, 0.1) is 11.1 Å². The van der Waals surface area contributed by atoms with Gasteiger partial charge in [-0.1, -0.05) is 86.6 Å². The zero-order chi connectivity index (χ0) is 25.7. The molecule has 0 N–H and O–H groups in total. The molecule has 1 aliphatic rings. The van der Waals surface area contributed by atoms with E-state index in [1.807, 2.05) is 54.6 Å². The van der Waals surface area contributed by atoms with Gasteiger partial charge in [-0.05, 0) is 28.3 Å². The quantitative estimate of drug-likeness (QED) is 0.268. The van der Waals surface area contributed by atoms with Gasteiger partial charge in [-0.15, -0.1) is 0 Å². The van der Waals surface area contributed by atoms with E-state index in [-0.39, 0.29) is 22.4 Å². The first-order chi connectivity index (χ1) is 17.9. The Morgan fingerprint density at radius 1 is 0.649 bits per heavy atom. The fourth-order valence-electron chi connectivity index (χ4n) is 5.17. The van der Waals surface area contributed by atoms with Gasteiger partial charge in [0.1, 0.15) is 17.7 Å². The molecule has 0 spiro atoms. The van der Waals surface area contributed by atoms with Gasteiger partial charge in [-0.3, -0.25) is 0 Å². The van der Waals surface area contributed by atoms with E-state index in [1.165, 1.54) is 5.56 Å². The van der Waals surface area contributed by atoms with E-state index < -0.39 is 11.6 Å². The molecule has 0 aliphatic heterocycles. The van der Waals surface area contributed by atoms with E-state index in [1.54, 1.807) is 6.07 Å². The van der Waals surface area contributed by atoms with Gasteiger partial charge in [0, 0.05) is 22.6 Å². The summed E-state index contributed by atoms with van der Waals surface area (Å²) >= 11 is 0. The van der Waals surface area contributed by atoms with Crippen molar-refractivity contribution in [2.75, 3.05) is 0 Å². The van der Waals surface area contributed by atoms with Crippen molar-refractivity contribution in [1.29, 1.82) is 5.26 Å². The molecule has 4 nitrogen and oxygen atoms in total. The summed E-state index contributed by atoms with van der Waals surface area (Å²) in [7, 11) is 0. The van der Waals surface area contributed by atoms with Crippen LogP contribution in [-0.4, -0.2) is 15.0 Å². The van der Waals surface area contributed by atoms with Crippen molar-refractivity contribution in [3.05, 3.63) is 113 Å². The molecule has 0 saturated heterocycles. The second-order valence-electron chi connectivity index (χ2n) is 9.49. The van der Waals surface area contributed by atoms with E-state index in [9.17, 15) is 14.0 Å². The molecule has 0 fully saturated rings. The highest BCUT2D eigenvalue weighted by Gasteiger charge is 2.38. The average molecular weight is 487 g/mol. The minimum Gasteiger partial charge on any atom is -0.208 e. The van der Waals surface area contributed by atoms with Gasteiger partial charge in [-0.2, -0.15) is 5.26 Å². The monoisotopic (exact) mass is 486 g/mol. The summed E-state index contributed by atoms with van der Waals surface area (Å²) in [5, 5.41) is 9.33. The van der Waals surface area contributed by atoms with Crippen LogP contribution in [0.3, 0.4) is 0 Å². The highest BCUT2D eigenvalue weighted by atomic mass is 19.1. The summed E-state index contributed by atoms with van der Waals surface area (Å²) in [5.41, 5.74) is 5.41. The molecule has 37 heavy (non-hydrogen) atoms. The minimum absolute atomic E-state index is 0.0313. The molecule has 0 bridgehead atoms. The zero-order valence-electron chi connectivity index (χ0n) is 20.1. The number of nitrogens with zero attached hydrogens (tertiary/aromatic N) is 4. The highest BCUT2D eigenvalue weighted by Crippen LogP contribution is 2.51. The third kappa shape index (κ3) is 3.59. The third-order valence-corrected chi connectivity index (χ3v) is 6.91. The van der Waals surface area contributed by atoms with Gasteiger partial charge in [0.2, 0.25) is 0 Å². The van der Waals surface area contributed by atoms with Gasteiger partial charge < -0.3 is 0 Å². The number of hydrogen-bond donors (Lipinski definition) is 0. The first-order valence-corrected chi connectivity index (χ1v) is 11.8. The van der Waals surface area contributed by atoms with Gasteiger partial charge in [0.15, 0.2) is 17.5 Å². The zero-order valence-corrected chi connectivity index (χ0v) is 20.1. The van der Waals surface area contributed by atoms with Crippen molar-refractivity contribution in [3.8, 4) is 51.4 Å². The fourth-order valence-corrected chi connectivity index (χ4v) is 5.17. The van der Waals surface area contributed by atoms with Crippen LogP contribution in [0.4, 0.5) is 8.78 Å². The topological polar surface area (TPSA) is 62.5 Å². The molecular weight excluding hydrogens is 466 g/mol. The molecule has 0 atom stereocenters. The number of aromatic nitrogens is 3. The molecule has 1 aromatic heterocycles. The van der Waals surface area contributed by atoms with Crippen molar-refractivity contribution in [2.45, 2.75) is 19.3 Å². The van der Waals surface area contributed by atoms with E-state index in [4.69, 9.17) is 4.98 Å². The highest BCUT2D eigenvalue weighted by molar-refractivity contribution is 5.87. The minimum atomic E-state index is -0.929.